The van der Waals surface area contributed by atoms with Crippen molar-refractivity contribution in [3.8, 4) is 0 Å². The summed E-state index contributed by atoms with van der Waals surface area (Å²) >= 11 is 0. The van der Waals surface area contributed by atoms with E-state index in [1.165, 1.54) is 10.9 Å². The predicted molar refractivity (Wildman–Crippen MR) is 59.6 cm³/mol. The number of nitrogens with zero attached hydrogens (tertiary/aromatic N) is 4. The lowest BCUT2D eigenvalue weighted by Gasteiger charge is -2.02. The fourth-order valence-corrected chi connectivity index (χ4v) is 1.35. The Hall–Kier alpha value is -2.31. The summed E-state index contributed by atoms with van der Waals surface area (Å²) in [4.78, 5) is 11.5. The molecule has 0 amide bonds. The molecule has 0 saturated carbocycles. The van der Waals surface area contributed by atoms with Crippen molar-refractivity contribution in [1.29, 1.82) is 0 Å². The van der Waals surface area contributed by atoms with Crippen LogP contribution in [0.1, 0.15) is 5.56 Å². The minimum Gasteiger partial charge on any atom is -0.459 e. The maximum absolute atomic E-state index is 11.5. The molecule has 17 heavy (non-hydrogen) atoms. The van der Waals surface area contributed by atoms with Crippen molar-refractivity contribution < 1.29 is 9.53 Å². The van der Waals surface area contributed by atoms with E-state index in [9.17, 15) is 4.79 Å². The molecule has 2 heterocycles. The minimum atomic E-state index is -0.364. The first-order valence-corrected chi connectivity index (χ1v) is 5.04. The third-order valence-corrected chi connectivity index (χ3v) is 2.10. The molecule has 0 radical (unpaired) electrons. The molecule has 0 aliphatic heterocycles. The van der Waals surface area contributed by atoms with Gasteiger partial charge in [-0.15, -0.1) is 0 Å². The normalized spacial score (nSPS) is 10.4. The SMILES string of the molecule is Cn1cc(COC(=O)Cn2cc(N)cn2)cn1. The van der Waals surface area contributed by atoms with Crippen LogP contribution in [0.5, 0.6) is 0 Å². The Morgan fingerprint density at radius 3 is 2.82 bits per heavy atom. The quantitative estimate of drug-likeness (QED) is 0.750. The van der Waals surface area contributed by atoms with Gasteiger partial charge in [0, 0.05) is 25.0 Å². The Bertz CT molecular complexity index is 516. The van der Waals surface area contributed by atoms with Crippen LogP contribution in [-0.2, 0) is 29.7 Å². The highest BCUT2D eigenvalue weighted by atomic mass is 16.5. The maximum atomic E-state index is 11.5. The van der Waals surface area contributed by atoms with Gasteiger partial charge in [-0.05, 0) is 0 Å². The highest BCUT2D eigenvalue weighted by Crippen LogP contribution is 2.01. The van der Waals surface area contributed by atoms with Gasteiger partial charge in [0.25, 0.3) is 0 Å². The number of hydrogen-bond donors (Lipinski definition) is 1. The number of carbonyl (C=O) groups is 1. The molecule has 0 fully saturated rings. The molecular formula is C10H13N5O2. The Labute approximate surface area is 97.8 Å². The zero-order valence-corrected chi connectivity index (χ0v) is 9.41. The number of hydrogen-bond acceptors (Lipinski definition) is 5. The summed E-state index contributed by atoms with van der Waals surface area (Å²) in [6.07, 6.45) is 6.50. The number of nitrogen functional groups attached to an aromatic ring is 1. The number of aromatic nitrogens is 4. The lowest BCUT2D eigenvalue weighted by Crippen LogP contribution is -2.13. The van der Waals surface area contributed by atoms with E-state index in [1.807, 2.05) is 0 Å². The zero-order chi connectivity index (χ0) is 12.3. The van der Waals surface area contributed by atoms with Gasteiger partial charge in [-0.25, -0.2) is 0 Å². The van der Waals surface area contributed by atoms with E-state index in [0.717, 1.165) is 5.56 Å². The molecule has 0 spiro atoms. The molecule has 0 aliphatic rings. The minimum absolute atomic E-state index is 0.0530. The van der Waals surface area contributed by atoms with E-state index in [-0.39, 0.29) is 19.1 Å². The summed E-state index contributed by atoms with van der Waals surface area (Å²) < 4.78 is 8.14. The topological polar surface area (TPSA) is 88.0 Å². The monoisotopic (exact) mass is 235 g/mol. The van der Waals surface area contributed by atoms with Crippen LogP contribution in [0.4, 0.5) is 5.69 Å². The second-order valence-electron chi connectivity index (χ2n) is 3.65. The van der Waals surface area contributed by atoms with E-state index in [2.05, 4.69) is 10.2 Å². The largest absolute Gasteiger partial charge is 0.459 e. The first-order valence-electron chi connectivity index (χ1n) is 5.04. The van der Waals surface area contributed by atoms with Crippen molar-refractivity contribution >= 4 is 11.7 Å². The van der Waals surface area contributed by atoms with Gasteiger partial charge in [-0.2, -0.15) is 10.2 Å². The lowest BCUT2D eigenvalue weighted by atomic mass is 10.4. The number of nitrogens with two attached hydrogens (primary N) is 1. The second-order valence-corrected chi connectivity index (χ2v) is 3.65. The molecule has 7 heteroatoms. The maximum Gasteiger partial charge on any atom is 0.328 e. The standard InChI is InChI=1S/C10H13N5O2/c1-14-4-8(2-12-14)7-17-10(16)6-15-5-9(11)3-13-15/h2-5H,6-7,11H2,1H3. The zero-order valence-electron chi connectivity index (χ0n) is 9.41. The molecule has 2 aromatic heterocycles. The first kappa shape index (κ1) is 11.2. The van der Waals surface area contributed by atoms with Crippen molar-refractivity contribution in [2.24, 2.45) is 7.05 Å². The first-order chi connectivity index (χ1) is 8.13. The molecule has 0 unspecified atom stereocenters. The van der Waals surface area contributed by atoms with Crippen LogP contribution in [0.2, 0.25) is 0 Å². The molecule has 2 rings (SSSR count). The van der Waals surface area contributed by atoms with Crippen LogP contribution >= 0.6 is 0 Å². The van der Waals surface area contributed by atoms with Crippen LogP contribution in [0, 0.1) is 0 Å². The summed E-state index contributed by atoms with van der Waals surface area (Å²) in [7, 11) is 1.80. The average molecular weight is 235 g/mol. The molecule has 0 aliphatic carbocycles. The molecule has 2 aromatic rings. The smallest absolute Gasteiger partial charge is 0.328 e. The highest BCUT2D eigenvalue weighted by molar-refractivity contribution is 5.69. The van der Waals surface area contributed by atoms with E-state index >= 15 is 0 Å². The Morgan fingerprint density at radius 2 is 2.24 bits per heavy atom. The van der Waals surface area contributed by atoms with Gasteiger partial charge >= 0.3 is 5.97 Å². The van der Waals surface area contributed by atoms with E-state index in [0.29, 0.717) is 5.69 Å². The number of aryl methyl sites for hydroxylation is 1. The summed E-state index contributed by atoms with van der Waals surface area (Å²) in [6.45, 7) is 0.265. The fraction of sp³-hybridized carbons (Fsp3) is 0.300. The van der Waals surface area contributed by atoms with Crippen LogP contribution in [0.3, 0.4) is 0 Å². The summed E-state index contributed by atoms with van der Waals surface area (Å²) in [5.41, 5.74) is 6.84. The van der Waals surface area contributed by atoms with Crippen LogP contribution in [0.25, 0.3) is 0 Å². The molecule has 2 N–H and O–H groups in total. The molecule has 0 bridgehead atoms. The Morgan fingerprint density at radius 1 is 1.41 bits per heavy atom. The van der Waals surface area contributed by atoms with Crippen molar-refractivity contribution in [1.82, 2.24) is 19.6 Å². The van der Waals surface area contributed by atoms with Crippen molar-refractivity contribution in [3.05, 3.63) is 30.4 Å². The van der Waals surface area contributed by atoms with Crippen LogP contribution in [-0.4, -0.2) is 25.5 Å². The van der Waals surface area contributed by atoms with E-state index in [4.69, 9.17) is 10.5 Å². The van der Waals surface area contributed by atoms with Gasteiger partial charge in [-0.3, -0.25) is 14.2 Å². The second kappa shape index (κ2) is 4.69. The molecule has 0 aromatic carbocycles. The number of rotatable bonds is 4. The number of anilines is 1. The van der Waals surface area contributed by atoms with E-state index < -0.39 is 0 Å². The molecule has 7 nitrogen and oxygen atoms in total. The van der Waals surface area contributed by atoms with E-state index in [1.54, 1.807) is 30.3 Å². The Kier molecular flexibility index (Phi) is 3.08. The van der Waals surface area contributed by atoms with Gasteiger partial charge in [0.05, 0.1) is 18.1 Å². The molecule has 90 valence electrons. The third kappa shape index (κ3) is 3.07. The van der Waals surface area contributed by atoms with Gasteiger partial charge in [0.1, 0.15) is 13.2 Å². The third-order valence-electron chi connectivity index (χ3n) is 2.10. The number of ether oxygens (including phenoxy) is 1. The predicted octanol–water partition coefficient (Wildman–Crippen LogP) is -0.0578. The summed E-state index contributed by atoms with van der Waals surface area (Å²) in [5.74, 6) is -0.364. The molecule has 0 atom stereocenters. The van der Waals surface area contributed by atoms with Gasteiger partial charge in [0.15, 0.2) is 0 Å². The summed E-state index contributed by atoms with van der Waals surface area (Å²) in [5, 5.41) is 7.86. The van der Waals surface area contributed by atoms with Crippen molar-refractivity contribution in [2.45, 2.75) is 13.2 Å². The van der Waals surface area contributed by atoms with Crippen LogP contribution in [0.15, 0.2) is 24.8 Å². The highest BCUT2D eigenvalue weighted by Gasteiger charge is 2.06. The van der Waals surface area contributed by atoms with Gasteiger partial charge in [0.2, 0.25) is 0 Å². The number of esters is 1. The average Bonchev–Trinajstić information content (AvgIpc) is 2.85. The summed E-state index contributed by atoms with van der Waals surface area (Å²) in [6, 6.07) is 0. The van der Waals surface area contributed by atoms with Gasteiger partial charge < -0.3 is 10.5 Å². The molecule has 0 saturated heterocycles. The Balaban J connectivity index is 1.82. The fourth-order valence-electron chi connectivity index (χ4n) is 1.35. The van der Waals surface area contributed by atoms with Crippen molar-refractivity contribution in [2.75, 3.05) is 5.73 Å². The van der Waals surface area contributed by atoms with Crippen molar-refractivity contribution in [3.63, 3.8) is 0 Å². The molecular weight excluding hydrogens is 222 g/mol. The number of carbonyl (C=O) groups excluding carboxylic acids is 1. The lowest BCUT2D eigenvalue weighted by molar-refractivity contribution is -0.145. The van der Waals surface area contributed by atoms with Gasteiger partial charge in [-0.1, -0.05) is 0 Å². The van der Waals surface area contributed by atoms with Crippen LogP contribution < -0.4 is 5.73 Å².